The van der Waals surface area contributed by atoms with Crippen molar-refractivity contribution < 1.29 is 23.9 Å². The molecule has 164 valence electrons. The molecule has 2 N–H and O–H groups in total. The fourth-order valence-corrected chi connectivity index (χ4v) is 3.12. The number of ketones is 1. The molecule has 1 heterocycles. The maximum Gasteiger partial charge on any atom is 0.354 e. The first kappa shape index (κ1) is 24.7. The second-order valence-electron chi connectivity index (χ2n) is 8.08. The Morgan fingerprint density at radius 2 is 1.83 bits per heavy atom. The van der Waals surface area contributed by atoms with Crippen LogP contribution < -0.4 is 5.32 Å². The minimum atomic E-state index is -0.710. The third-order valence-electron chi connectivity index (χ3n) is 4.55. The Bertz CT molecular complexity index is 733. The molecule has 1 aromatic rings. The SMILES string of the molecule is CCOCCCN(C(=O)NC(C)(C)C)C(C)C(=O)c1c(C)[nH]c(C(=O)OC)c1C. The molecule has 8 heteroatoms. The highest BCUT2D eigenvalue weighted by Gasteiger charge is 2.32. The summed E-state index contributed by atoms with van der Waals surface area (Å²) in [5.41, 5.74) is 1.33. The second kappa shape index (κ2) is 10.4. The van der Waals surface area contributed by atoms with Gasteiger partial charge in [-0.15, -0.1) is 0 Å². The van der Waals surface area contributed by atoms with E-state index in [9.17, 15) is 14.4 Å². The number of H-pyrrole nitrogens is 1. The van der Waals surface area contributed by atoms with E-state index >= 15 is 0 Å². The number of nitrogens with zero attached hydrogens (tertiary/aromatic N) is 1. The van der Waals surface area contributed by atoms with Gasteiger partial charge in [0, 0.05) is 36.6 Å². The highest BCUT2D eigenvalue weighted by atomic mass is 16.5. The van der Waals surface area contributed by atoms with Gasteiger partial charge in [-0.05, 0) is 60.5 Å². The first-order valence-electron chi connectivity index (χ1n) is 9.92. The summed E-state index contributed by atoms with van der Waals surface area (Å²) in [7, 11) is 1.29. The number of aromatic amines is 1. The lowest BCUT2D eigenvalue weighted by molar-refractivity contribution is 0.0593. The molecule has 0 bridgehead atoms. The van der Waals surface area contributed by atoms with Gasteiger partial charge in [-0.25, -0.2) is 9.59 Å². The van der Waals surface area contributed by atoms with Crippen LogP contribution in [0.15, 0.2) is 0 Å². The van der Waals surface area contributed by atoms with Crippen LogP contribution in [0.25, 0.3) is 0 Å². The van der Waals surface area contributed by atoms with Gasteiger partial charge in [0.25, 0.3) is 0 Å². The monoisotopic (exact) mass is 409 g/mol. The van der Waals surface area contributed by atoms with E-state index in [1.807, 2.05) is 27.7 Å². The number of hydrogen-bond acceptors (Lipinski definition) is 5. The summed E-state index contributed by atoms with van der Waals surface area (Å²) < 4.78 is 10.1. The lowest BCUT2D eigenvalue weighted by atomic mass is 9.99. The van der Waals surface area contributed by atoms with Gasteiger partial charge >= 0.3 is 12.0 Å². The maximum absolute atomic E-state index is 13.3. The van der Waals surface area contributed by atoms with Crippen molar-refractivity contribution >= 4 is 17.8 Å². The van der Waals surface area contributed by atoms with Crippen molar-refractivity contribution in [2.24, 2.45) is 0 Å². The normalized spacial score (nSPS) is 12.4. The Hall–Kier alpha value is -2.35. The number of methoxy groups -OCH3 is 1. The number of aryl methyl sites for hydroxylation is 1. The zero-order valence-corrected chi connectivity index (χ0v) is 18.9. The van der Waals surface area contributed by atoms with E-state index in [2.05, 4.69) is 10.3 Å². The van der Waals surface area contributed by atoms with E-state index in [0.29, 0.717) is 43.0 Å². The molecule has 0 aromatic carbocycles. The third-order valence-corrected chi connectivity index (χ3v) is 4.55. The quantitative estimate of drug-likeness (QED) is 0.370. The number of carbonyl (C=O) groups excluding carboxylic acids is 3. The van der Waals surface area contributed by atoms with E-state index in [-0.39, 0.29) is 17.5 Å². The number of Topliss-reactive ketones (excluding diaryl/α,β-unsaturated/α-hetero) is 1. The van der Waals surface area contributed by atoms with E-state index in [1.165, 1.54) is 12.0 Å². The zero-order chi connectivity index (χ0) is 22.4. The summed E-state index contributed by atoms with van der Waals surface area (Å²) >= 11 is 0. The number of carbonyl (C=O) groups is 3. The fourth-order valence-electron chi connectivity index (χ4n) is 3.12. The first-order valence-corrected chi connectivity index (χ1v) is 9.92. The zero-order valence-electron chi connectivity index (χ0n) is 18.9. The number of hydrogen-bond donors (Lipinski definition) is 2. The van der Waals surface area contributed by atoms with Gasteiger partial charge in [0.1, 0.15) is 5.69 Å². The molecule has 0 aliphatic heterocycles. The predicted molar refractivity (Wildman–Crippen MR) is 111 cm³/mol. The smallest absolute Gasteiger partial charge is 0.354 e. The van der Waals surface area contributed by atoms with Gasteiger partial charge in [-0.2, -0.15) is 0 Å². The van der Waals surface area contributed by atoms with Crippen LogP contribution in [0, 0.1) is 13.8 Å². The van der Waals surface area contributed by atoms with Gasteiger partial charge in [0.05, 0.1) is 13.2 Å². The van der Waals surface area contributed by atoms with Gasteiger partial charge in [-0.1, -0.05) is 0 Å². The van der Waals surface area contributed by atoms with Crippen LogP contribution in [-0.2, 0) is 9.47 Å². The average Bonchev–Trinajstić information content (AvgIpc) is 2.92. The molecule has 0 spiro atoms. The largest absolute Gasteiger partial charge is 0.464 e. The second-order valence-corrected chi connectivity index (χ2v) is 8.08. The van der Waals surface area contributed by atoms with Crippen LogP contribution in [0.1, 0.15) is 73.1 Å². The summed E-state index contributed by atoms with van der Waals surface area (Å²) in [6.45, 7) is 14.2. The molecule has 1 atom stereocenters. The molecule has 0 saturated carbocycles. The van der Waals surface area contributed by atoms with Gasteiger partial charge < -0.3 is 24.7 Å². The Balaban J connectivity index is 3.15. The topological polar surface area (TPSA) is 101 Å². The van der Waals surface area contributed by atoms with E-state index < -0.39 is 17.6 Å². The standard InChI is InChI=1S/C21H35N3O5/c1-9-29-12-10-11-24(20(27)23-21(5,6)7)15(4)18(25)16-13(2)17(19(26)28-8)22-14(16)3/h15,22H,9-12H2,1-8H3,(H,23,27). The van der Waals surface area contributed by atoms with Crippen molar-refractivity contribution in [1.29, 1.82) is 0 Å². The molecular weight excluding hydrogens is 374 g/mol. The van der Waals surface area contributed by atoms with Crippen molar-refractivity contribution in [2.45, 2.75) is 66.5 Å². The van der Waals surface area contributed by atoms with Gasteiger partial charge in [0.15, 0.2) is 5.78 Å². The van der Waals surface area contributed by atoms with Crippen molar-refractivity contribution in [3.8, 4) is 0 Å². The maximum atomic E-state index is 13.3. The Kier molecular flexibility index (Phi) is 8.88. The van der Waals surface area contributed by atoms with E-state index in [0.717, 1.165) is 0 Å². The van der Waals surface area contributed by atoms with Crippen molar-refractivity contribution in [1.82, 2.24) is 15.2 Å². The molecular formula is C21H35N3O5. The molecule has 0 aliphatic rings. The number of nitrogens with one attached hydrogen (secondary N) is 2. The molecule has 0 fully saturated rings. The Labute approximate surface area is 173 Å². The van der Waals surface area contributed by atoms with Crippen LogP contribution in [0.5, 0.6) is 0 Å². The minimum absolute atomic E-state index is 0.230. The van der Waals surface area contributed by atoms with E-state index in [1.54, 1.807) is 20.8 Å². The summed E-state index contributed by atoms with van der Waals surface area (Å²) in [6.07, 6.45) is 0.613. The summed E-state index contributed by atoms with van der Waals surface area (Å²) in [5, 5.41) is 2.92. The number of amides is 2. The van der Waals surface area contributed by atoms with Crippen molar-refractivity contribution in [2.75, 3.05) is 26.9 Å². The van der Waals surface area contributed by atoms with Gasteiger partial charge in [0.2, 0.25) is 0 Å². The van der Waals surface area contributed by atoms with Crippen LogP contribution in [0.4, 0.5) is 4.79 Å². The summed E-state index contributed by atoms with van der Waals surface area (Å²) in [5.74, 6) is -0.761. The molecule has 1 aromatic heterocycles. The number of urea groups is 1. The van der Waals surface area contributed by atoms with Crippen LogP contribution >= 0.6 is 0 Å². The van der Waals surface area contributed by atoms with Crippen LogP contribution in [0.2, 0.25) is 0 Å². The predicted octanol–water partition coefficient (Wildman–Crippen LogP) is 3.23. The van der Waals surface area contributed by atoms with Crippen molar-refractivity contribution in [3.05, 3.63) is 22.5 Å². The molecule has 8 nitrogen and oxygen atoms in total. The van der Waals surface area contributed by atoms with Gasteiger partial charge in [-0.3, -0.25) is 4.79 Å². The Morgan fingerprint density at radius 3 is 2.34 bits per heavy atom. The number of ether oxygens (including phenoxy) is 2. The molecule has 0 radical (unpaired) electrons. The summed E-state index contributed by atoms with van der Waals surface area (Å²) in [6, 6.07) is -1.02. The minimum Gasteiger partial charge on any atom is -0.464 e. The molecule has 0 aliphatic carbocycles. The molecule has 0 saturated heterocycles. The molecule has 1 rings (SSSR count). The summed E-state index contributed by atoms with van der Waals surface area (Å²) in [4.78, 5) is 42.6. The fraction of sp³-hybridized carbons (Fsp3) is 0.667. The number of rotatable bonds is 9. The van der Waals surface area contributed by atoms with Crippen molar-refractivity contribution in [3.63, 3.8) is 0 Å². The molecule has 2 amide bonds. The molecule has 29 heavy (non-hydrogen) atoms. The van der Waals surface area contributed by atoms with Crippen LogP contribution in [0.3, 0.4) is 0 Å². The Morgan fingerprint density at radius 1 is 1.21 bits per heavy atom. The third kappa shape index (κ3) is 6.59. The van der Waals surface area contributed by atoms with E-state index in [4.69, 9.17) is 9.47 Å². The van der Waals surface area contributed by atoms with Crippen LogP contribution in [-0.4, -0.2) is 66.1 Å². The lowest BCUT2D eigenvalue weighted by Gasteiger charge is -2.32. The number of esters is 1. The first-order chi connectivity index (χ1) is 13.4. The molecule has 1 unspecified atom stereocenters. The highest BCUT2D eigenvalue weighted by Crippen LogP contribution is 2.22. The average molecular weight is 410 g/mol. The highest BCUT2D eigenvalue weighted by molar-refractivity contribution is 6.06. The lowest BCUT2D eigenvalue weighted by Crippen LogP contribution is -2.53. The number of aromatic nitrogens is 1.